The molecule has 0 bridgehead atoms. The molecule has 1 aliphatic heterocycles. The van der Waals surface area contributed by atoms with Gasteiger partial charge in [0.15, 0.2) is 5.82 Å². The molecule has 0 spiro atoms. The number of fused-ring (bicyclic) bond motifs is 2. The highest BCUT2D eigenvalue weighted by molar-refractivity contribution is 5.88. The van der Waals surface area contributed by atoms with Gasteiger partial charge in [-0.05, 0) is 41.0 Å². The Morgan fingerprint density at radius 2 is 1.10 bits per heavy atom. The maximum atomic E-state index is 10.7. The number of nitriles is 1. The lowest BCUT2D eigenvalue weighted by Crippen LogP contribution is -2.26. The lowest BCUT2D eigenvalue weighted by molar-refractivity contribution is 0.417. The maximum absolute atomic E-state index is 10.7. The van der Waals surface area contributed by atoms with Crippen molar-refractivity contribution < 1.29 is 4.74 Å². The molecule has 4 nitrogen and oxygen atoms in total. The summed E-state index contributed by atoms with van der Waals surface area (Å²) < 4.78 is 6.36. The smallest absolute Gasteiger partial charge is 0.160 e. The van der Waals surface area contributed by atoms with Crippen molar-refractivity contribution in [1.82, 2.24) is 9.97 Å². The fourth-order valence-corrected chi connectivity index (χ4v) is 6.81. The molecule has 2 heterocycles. The van der Waals surface area contributed by atoms with Crippen molar-refractivity contribution in [3.8, 4) is 73.7 Å². The standard InChI is InChI=1S/C44H31N3O/c1-44(2)37-19-11-12-20-40(37)48-41-26-25-34(36(28-45)42(41)44)33-17-9-10-18-35(33)39-27-38(46-43(47-39)32-15-7-4-8-16-32)31-23-21-30(22-24-31)29-13-5-3-6-14-29/h3-27H,1-2H3. The molecule has 0 N–H and O–H groups in total. The molecule has 0 aliphatic carbocycles. The molecule has 0 amide bonds. The van der Waals surface area contributed by atoms with E-state index in [4.69, 9.17) is 14.7 Å². The summed E-state index contributed by atoms with van der Waals surface area (Å²) in [5, 5.41) is 10.7. The number of ether oxygens (including phenoxy) is 1. The summed E-state index contributed by atoms with van der Waals surface area (Å²) in [6.07, 6.45) is 0. The van der Waals surface area contributed by atoms with E-state index in [-0.39, 0.29) is 0 Å². The van der Waals surface area contributed by atoms with Gasteiger partial charge in [-0.2, -0.15) is 5.26 Å². The first-order chi connectivity index (χ1) is 23.5. The van der Waals surface area contributed by atoms with E-state index in [0.717, 1.165) is 61.6 Å². The highest BCUT2D eigenvalue weighted by Gasteiger charge is 2.37. The van der Waals surface area contributed by atoms with Crippen LogP contribution in [0.1, 0.15) is 30.5 Å². The summed E-state index contributed by atoms with van der Waals surface area (Å²) in [5.74, 6) is 2.18. The number of rotatable bonds is 5. The van der Waals surface area contributed by atoms with Crippen molar-refractivity contribution in [2.45, 2.75) is 19.3 Å². The van der Waals surface area contributed by atoms with Crippen LogP contribution in [0.5, 0.6) is 11.5 Å². The molecular weight excluding hydrogens is 587 g/mol. The number of para-hydroxylation sites is 1. The third-order valence-corrected chi connectivity index (χ3v) is 9.22. The summed E-state index contributed by atoms with van der Waals surface area (Å²) in [6, 6.07) is 53.8. The van der Waals surface area contributed by atoms with E-state index in [9.17, 15) is 5.26 Å². The molecular formula is C44H31N3O. The van der Waals surface area contributed by atoms with Crippen LogP contribution in [0.15, 0.2) is 152 Å². The topological polar surface area (TPSA) is 58.8 Å². The van der Waals surface area contributed by atoms with Crippen molar-refractivity contribution in [1.29, 1.82) is 5.26 Å². The highest BCUT2D eigenvalue weighted by Crippen LogP contribution is 2.51. The summed E-state index contributed by atoms with van der Waals surface area (Å²) in [6.45, 7) is 4.32. The van der Waals surface area contributed by atoms with Crippen LogP contribution in [-0.4, -0.2) is 9.97 Å². The predicted molar refractivity (Wildman–Crippen MR) is 193 cm³/mol. The Hall–Kier alpha value is -6.31. The van der Waals surface area contributed by atoms with Gasteiger partial charge in [-0.15, -0.1) is 0 Å². The van der Waals surface area contributed by atoms with Crippen LogP contribution in [0.4, 0.5) is 0 Å². The minimum Gasteiger partial charge on any atom is -0.457 e. The summed E-state index contributed by atoms with van der Waals surface area (Å²) in [4.78, 5) is 10.2. The molecule has 0 fully saturated rings. The molecule has 1 aliphatic rings. The van der Waals surface area contributed by atoms with Crippen LogP contribution in [0.3, 0.4) is 0 Å². The van der Waals surface area contributed by atoms with Crippen LogP contribution in [0.25, 0.3) is 56.2 Å². The van der Waals surface area contributed by atoms with Crippen molar-refractivity contribution in [2.75, 3.05) is 0 Å². The second-order valence-electron chi connectivity index (χ2n) is 12.5. The van der Waals surface area contributed by atoms with Gasteiger partial charge in [-0.3, -0.25) is 0 Å². The van der Waals surface area contributed by atoms with Crippen LogP contribution >= 0.6 is 0 Å². The van der Waals surface area contributed by atoms with Gasteiger partial charge in [0.2, 0.25) is 0 Å². The highest BCUT2D eigenvalue weighted by atomic mass is 16.5. The van der Waals surface area contributed by atoms with Crippen LogP contribution < -0.4 is 4.74 Å². The second kappa shape index (κ2) is 11.8. The summed E-state index contributed by atoms with van der Waals surface area (Å²) in [5.41, 5.74) is 10.7. The fourth-order valence-electron chi connectivity index (χ4n) is 6.81. The Morgan fingerprint density at radius 1 is 0.521 bits per heavy atom. The Morgan fingerprint density at radius 3 is 1.83 bits per heavy atom. The number of hydrogen-bond acceptors (Lipinski definition) is 4. The quantitative estimate of drug-likeness (QED) is 0.193. The van der Waals surface area contributed by atoms with E-state index >= 15 is 0 Å². The average molecular weight is 618 g/mol. The molecule has 7 aromatic rings. The van der Waals surface area contributed by atoms with Crippen LogP contribution in [0, 0.1) is 11.3 Å². The van der Waals surface area contributed by atoms with Gasteiger partial charge in [-0.25, -0.2) is 9.97 Å². The average Bonchev–Trinajstić information content (AvgIpc) is 3.15. The number of benzene rings is 6. The molecule has 0 saturated heterocycles. The van der Waals surface area contributed by atoms with Crippen molar-refractivity contribution >= 4 is 0 Å². The van der Waals surface area contributed by atoms with Crippen molar-refractivity contribution in [3.63, 3.8) is 0 Å². The largest absolute Gasteiger partial charge is 0.457 e. The zero-order valence-electron chi connectivity index (χ0n) is 26.7. The van der Waals surface area contributed by atoms with Crippen molar-refractivity contribution in [3.05, 3.63) is 168 Å². The van der Waals surface area contributed by atoms with Crippen LogP contribution in [0.2, 0.25) is 0 Å². The van der Waals surface area contributed by atoms with E-state index in [1.165, 1.54) is 5.56 Å². The Kier molecular flexibility index (Phi) is 7.16. The van der Waals surface area contributed by atoms with Gasteiger partial charge >= 0.3 is 0 Å². The minimum atomic E-state index is -0.436. The third-order valence-electron chi connectivity index (χ3n) is 9.22. The van der Waals surface area contributed by atoms with Gasteiger partial charge < -0.3 is 4.74 Å². The second-order valence-corrected chi connectivity index (χ2v) is 12.5. The maximum Gasteiger partial charge on any atom is 0.160 e. The molecule has 0 atom stereocenters. The molecule has 6 aromatic carbocycles. The summed E-state index contributed by atoms with van der Waals surface area (Å²) in [7, 11) is 0. The molecule has 8 rings (SSSR count). The Balaban J connectivity index is 1.29. The van der Waals surface area contributed by atoms with Crippen LogP contribution in [-0.2, 0) is 5.41 Å². The first-order valence-corrected chi connectivity index (χ1v) is 16.1. The first kappa shape index (κ1) is 29.1. The number of hydrogen-bond donors (Lipinski definition) is 0. The SMILES string of the molecule is CC1(C)c2ccccc2Oc2ccc(-c3ccccc3-c3cc(-c4ccc(-c5ccccc5)cc4)nc(-c4ccccc4)n3)c(C#N)c21. The van der Waals surface area contributed by atoms with E-state index in [1.807, 2.05) is 78.9 Å². The fraction of sp³-hybridized carbons (Fsp3) is 0.0682. The normalized spacial score (nSPS) is 12.7. The van der Waals surface area contributed by atoms with Crippen molar-refractivity contribution in [2.24, 2.45) is 0 Å². The zero-order valence-corrected chi connectivity index (χ0v) is 26.7. The van der Waals surface area contributed by atoms with Gasteiger partial charge in [0.1, 0.15) is 17.6 Å². The minimum absolute atomic E-state index is 0.436. The van der Waals surface area contributed by atoms with E-state index in [2.05, 4.69) is 92.7 Å². The Labute approximate surface area is 280 Å². The monoisotopic (exact) mass is 617 g/mol. The van der Waals surface area contributed by atoms with E-state index < -0.39 is 5.41 Å². The first-order valence-electron chi connectivity index (χ1n) is 16.1. The van der Waals surface area contributed by atoms with Gasteiger partial charge in [-0.1, -0.05) is 141 Å². The third kappa shape index (κ3) is 5.03. The summed E-state index contributed by atoms with van der Waals surface area (Å²) >= 11 is 0. The predicted octanol–water partition coefficient (Wildman–Crippen LogP) is 11.1. The van der Waals surface area contributed by atoms with Gasteiger partial charge in [0, 0.05) is 38.8 Å². The zero-order chi connectivity index (χ0) is 32.7. The van der Waals surface area contributed by atoms with Gasteiger partial charge in [0.05, 0.1) is 17.0 Å². The molecule has 1 aromatic heterocycles. The molecule has 48 heavy (non-hydrogen) atoms. The molecule has 0 unspecified atom stereocenters. The lowest BCUT2D eigenvalue weighted by Gasteiger charge is -2.35. The Bertz CT molecular complexity index is 2340. The number of nitrogens with zero attached hydrogens (tertiary/aromatic N) is 3. The van der Waals surface area contributed by atoms with Gasteiger partial charge in [0.25, 0.3) is 0 Å². The lowest BCUT2D eigenvalue weighted by atomic mass is 9.72. The van der Waals surface area contributed by atoms with E-state index in [1.54, 1.807) is 0 Å². The molecule has 228 valence electrons. The number of aromatic nitrogens is 2. The van der Waals surface area contributed by atoms with E-state index in [0.29, 0.717) is 17.1 Å². The molecule has 0 saturated carbocycles. The molecule has 4 heteroatoms. The molecule has 0 radical (unpaired) electrons.